The Morgan fingerprint density at radius 3 is 2.69 bits per heavy atom. The predicted molar refractivity (Wildman–Crippen MR) is 199 cm³/mol. The van der Waals surface area contributed by atoms with Gasteiger partial charge < -0.3 is 24.5 Å². The number of carbonyl (C=O) groups is 1. The molecule has 2 aromatic rings. The molecule has 3 aliphatic heterocycles. The zero-order valence-electron chi connectivity index (χ0n) is 31.0. The highest BCUT2D eigenvalue weighted by molar-refractivity contribution is 5.87. The number of ether oxygens (including phenoxy) is 1. The minimum Gasteiger partial charge on any atom is -0.461 e. The zero-order chi connectivity index (χ0) is 36.8. The number of nitrogens with zero attached hydrogens (tertiary/aromatic N) is 6. The van der Waals surface area contributed by atoms with Crippen molar-refractivity contribution in [3.63, 3.8) is 0 Å². The summed E-state index contributed by atoms with van der Waals surface area (Å²) in [4.78, 5) is 31.3. The molecule has 1 saturated carbocycles. The average molecular weight is 717 g/mol. The van der Waals surface area contributed by atoms with Crippen molar-refractivity contribution in [1.29, 1.82) is 0 Å². The van der Waals surface area contributed by atoms with Crippen molar-refractivity contribution in [3.8, 4) is 18.4 Å². The Hall–Kier alpha value is -3.75. The van der Waals surface area contributed by atoms with Crippen molar-refractivity contribution in [1.82, 2.24) is 19.8 Å². The van der Waals surface area contributed by atoms with E-state index in [9.17, 15) is 14.3 Å². The molecule has 4 atom stereocenters. The monoisotopic (exact) mass is 716 g/mol. The number of likely N-dealkylation sites (tertiary alicyclic amines) is 2. The van der Waals surface area contributed by atoms with Gasteiger partial charge in [0, 0.05) is 69.8 Å². The maximum Gasteiger partial charge on any atom is 0.318 e. The van der Waals surface area contributed by atoms with Gasteiger partial charge in [0.05, 0.1) is 28.1 Å². The topological polar surface area (TPSA) is 85.3 Å². The highest BCUT2D eigenvalue weighted by Gasteiger charge is 2.48. The number of likely N-dealkylation sites (N-methyl/N-ethyl adjacent to an activating group) is 1. The number of hydrogen-bond donors (Lipinski definition) is 1. The molecule has 0 spiro atoms. The molecule has 11 heteroatoms. The van der Waals surface area contributed by atoms with E-state index in [0.717, 1.165) is 86.2 Å². The molecule has 52 heavy (non-hydrogen) atoms. The summed E-state index contributed by atoms with van der Waals surface area (Å²) in [6.45, 7) is 10.4. The Morgan fingerprint density at radius 2 is 1.94 bits per heavy atom. The maximum atomic E-state index is 15.1. The van der Waals surface area contributed by atoms with Crippen LogP contribution in [0.1, 0.15) is 94.0 Å². The van der Waals surface area contributed by atoms with Crippen molar-refractivity contribution in [2.75, 3.05) is 49.6 Å². The standard InChI is InChI=1S/C41H54F2N6O3/c1-6-32-34(43)15-12-27-10-8-21-48(37(27)32)30-13-14-33-35(22-30)44-39(45-38(33)46(5)25-31-11-9-20-47(31)36(50)7-2)52-26-40(3)23-28(42)24-49(40)29-16-18-41(4,51)19-17-29/h1,7,12,15,28-31,51H,2,8-11,13-14,16-26H2,3-5H3/t28-,29?,30+,31+,40+,41?/m1/s1. The minimum atomic E-state index is -0.958. The van der Waals surface area contributed by atoms with Gasteiger partial charge in [-0.1, -0.05) is 18.6 Å². The van der Waals surface area contributed by atoms with Crippen LogP contribution in [-0.2, 0) is 24.1 Å². The van der Waals surface area contributed by atoms with Crippen molar-refractivity contribution >= 4 is 17.4 Å². The van der Waals surface area contributed by atoms with Crippen molar-refractivity contribution in [2.24, 2.45) is 0 Å². The van der Waals surface area contributed by atoms with Gasteiger partial charge in [-0.15, -0.1) is 6.42 Å². The number of alkyl halides is 1. The zero-order valence-corrected chi connectivity index (χ0v) is 31.0. The van der Waals surface area contributed by atoms with Gasteiger partial charge in [0.2, 0.25) is 5.91 Å². The fraction of sp³-hybridized carbons (Fsp3) is 0.634. The van der Waals surface area contributed by atoms with E-state index < -0.39 is 17.3 Å². The number of aliphatic hydroxyl groups is 1. The van der Waals surface area contributed by atoms with Crippen LogP contribution in [0.4, 0.5) is 20.3 Å². The molecule has 0 radical (unpaired) electrons. The van der Waals surface area contributed by atoms with E-state index in [-0.39, 0.29) is 42.5 Å². The molecule has 0 bridgehead atoms. The predicted octanol–water partition coefficient (Wildman–Crippen LogP) is 5.40. The summed E-state index contributed by atoms with van der Waals surface area (Å²) in [7, 11) is 2.02. The number of aryl methyl sites for hydroxylation is 1. The van der Waals surface area contributed by atoms with E-state index in [1.54, 1.807) is 0 Å². The van der Waals surface area contributed by atoms with Crippen LogP contribution in [0.5, 0.6) is 6.01 Å². The third-order valence-corrected chi connectivity index (χ3v) is 12.6. The van der Waals surface area contributed by atoms with E-state index in [1.807, 2.05) is 24.9 Å². The minimum absolute atomic E-state index is 0.0347. The SMILES string of the molecule is C#Cc1c(F)ccc2c1N([C@H]1CCc3c(nc(OC[C@]4(C)C[C@@H](F)CN4C4CCC(C)(O)CC4)nc3N(C)C[C@@H]3CCCN3C(=O)C=C)C1)CCC2. The van der Waals surface area contributed by atoms with E-state index >= 15 is 4.39 Å². The van der Waals surface area contributed by atoms with Gasteiger partial charge in [0.15, 0.2) is 0 Å². The van der Waals surface area contributed by atoms with Crippen molar-refractivity contribution in [3.05, 3.63) is 53.0 Å². The summed E-state index contributed by atoms with van der Waals surface area (Å²) in [6.07, 6.45) is 15.5. The second-order valence-electron chi connectivity index (χ2n) is 16.4. The normalized spacial score (nSPS) is 30.4. The van der Waals surface area contributed by atoms with Gasteiger partial charge in [-0.3, -0.25) is 9.69 Å². The summed E-state index contributed by atoms with van der Waals surface area (Å²) in [6, 6.07) is 3.89. The number of carbonyl (C=O) groups excluding carboxylic acids is 1. The Labute approximate surface area is 307 Å². The highest BCUT2D eigenvalue weighted by Crippen LogP contribution is 2.41. The molecule has 1 N–H and O–H groups in total. The number of benzene rings is 1. The lowest BCUT2D eigenvalue weighted by Gasteiger charge is -2.44. The summed E-state index contributed by atoms with van der Waals surface area (Å²) >= 11 is 0. The summed E-state index contributed by atoms with van der Waals surface area (Å²) in [5.41, 5.74) is 2.97. The van der Waals surface area contributed by atoms with Gasteiger partial charge in [-0.05, 0) is 95.8 Å². The third-order valence-electron chi connectivity index (χ3n) is 12.6. The number of halogens is 2. The van der Waals surface area contributed by atoms with Crippen molar-refractivity contribution in [2.45, 2.75) is 126 Å². The summed E-state index contributed by atoms with van der Waals surface area (Å²) in [5, 5.41) is 10.6. The highest BCUT2D eigenvalue weighted by atomic mass is 19.1. The van der Waals surface area contributed by atoms with Gasteiger partial charge >= 0.3 is 6.01 Å². The van der Waals surface area contributed by atoms with E-state index in [1.165, 1.54) is 12.1 Å². The summed E-state index contributed by atoms with van der Waals surface area (Å²) in [5.74, 6) is 2.99. The van der Waals surface area contributed by atoms with Crippen LogP contribution in [0.25, 0.3) is 0 Å². The van der Waals surface area contributed by atoms with E-state index in [4.69, 9.17) is 21.1 Å². The number of fused-ring (bicyclic) bond motifs is 2. The second-order valence-corrected chi connectivity index (χ2v) is 16.4. The fourth-order valence-corrected chi connectivity index (χ4v) is 9.81. The number of anilines is 2. The first-order valence-electron chi connectivity index (χ1n) is 19.2. The molecule has 1 aromatic heterocycles. The van der Waals surface area contributed by atoms with E-state index in [2.05, 4.69) is 34.1 Å². The first kappa shape index (κ1) is 36.6. The van der Waals surface area contributed by atoms with Crippen LogP contribution < -0.4 is 14.5 Å². The third kappa shape index (κ3) is 7.13. The number of hydrogen-bond acceptors (Lipinski definition) is 8. The fourth-order valence-electron chi connectivity index (χ4n) is 9.81. The van der Waals surface area contributed by atoms with Crippen LogP contribution in [0, 0.1) is 18.2 Å². The Bertz CT molecular complexity index is 1720. The van der Waals surface area contributed by atoms with Crippen LogP contribution in [0.2, 0.25) is 0 Å². The summed E-state index contributed by atoms with van der Waals surface area (Å²) < 4.78 is 36.7. The lowest BCUT2D eigenvalue weighted by Crippen LogP contribution is -2.53. The molecule has 9 nitrogen and oxygen atoms in total. The van der Waals surface area contributed by atoms with Crippen LogP contribution >= 0.6 is 0 Å². The van der Waals surface area contributed by atoms with Gasteiger partial charge in [-0.25, -0.2) is 8.78 Å². The molecule has 1 aromatic carbocycles. The van der Waals surface area contributed by atoms with Gasteiger partial charge in [0.1, 0.15) is 24.4 Å². The molecule has 3 fully saturated rings. The molecule has 5 aliphatic rings. The van der Waals surface area contributed by atoms with Gasteiger partial charge in [-0.2, -0.15) is 9.97 Å². The first-order valence-corrected chi connectivity index (χ1v) is 19.2. The lowest BCUT2D eigenvalue weighted by atomic mass is 9.82. The smallest absolute Gasteiger partial charge is 0.318 e. The van der Waals surface area contributed by atoms with Crippen LogP contribution in [0.3, 0.4) is 0 Å². The lowest BCUT2D eigenvalue weighted by molar-refractivity contribution is -0.126. The Kier molecular flexibility index (Phi) is 10.3. The van der Waals surface area contributed by atoms with E-state index in [0.29, 0.717) is 50.9 Å². The maximum absolute atomic E-state index is 15.1. The molecule has 1 amide bonds. The molecular formula is C41H54F2N6O3. The quantitative estimate of drug-likeness (QED) is 0.273. The van der Waals surface area contributed by atoms with Crippen LogP contribution in [0.15, 0.2) is 24.8 Å². The second kappa shape index (κ2) is 14.6. The molecule has 280 valence electrons. The number of rotatable bonds is 9. The molecular weight excluding hydrogens is 662 g/mol. The number of amides is 1. The Balaban J connectivity index is 1.18. The Morgan fingerprint density at radius 1 is 1.15 bits per heavy atom. The van der Waals surface area contributed by atoms with Crippen LogP contribution in [-0.4, -0.2) is 106 Å². The molecule has 2 aliphatic carbocycles. The molecule has 2 saturated heterocycles. The number of aromatic nitrogens is 2. The molecule has 4 heterocycles. The molecule has 7 rings (SSSR count). The van der Waals surface area contributed by atoms with Crippen molar-refractivity contribution < 1.29 is 23.4 Å². The largest absolute Gasteiger partial charge is 0.461 e. The number of terminal acetylenes is 1. The average Bonchev–Trinajstić information content (AvgIpc) is 3.72. The van der Waals surface area contributed by atoms with Gasteiger partial charge in [0.25, 0.3) is 0 Å². The molecule has 0 unspecified atom stereocenters. The first-order chi connectivity index (χ1) is 24.9.